The molecular formula is C20H20O5. The molecule has 1 aliphatic heterocycles. The highest BCUT2D eigenvalue weighted by Crippen LogP contribution is 2.51. The zero-order valence-electron chi connectivity index (χ0n) is 13.7. The van der Waals surface area contributed by atoms with Crippen molar-refractivity contribution in [1.82, 2.24) is 0 Å². The van der Waals surface area contributed by atoms with Crippen LogP contribution in [-0.2, 0) is 14.3 Å². The minimum atomic E-state index is -0.820. The zero-order valence-corrected chi connectivity index (χ0v) is 13.7. The summed E-state index contributed by atoms with van der Waals surface area (Å²) in [6.45, 7) is 0. The van der Waals surface area contributed by atoms with Gasteiger partial charge in [0.15, 0.2) is 5.78 Å². The molecule has 0 spiro atoms. The Labute approximate surface area is 145 Å². The summed E-state index contributed by atoms with van der Waals surface area (Å²) in [5.74, 6) is 0.0194. The van der Waals surface area contributed by atoms with Gasteiger partial charge in [0.05, 0.1) is 5.92 Å². The summed E-state index contributed by atoms with van der Waals surface area (Å²) in [5.41, 5.74) is 0.897. The number of carboxylic acid groups (broad SMARTS) is 1. The molecule has 4 atom stereocenters. The molecule has 0 aromatic carbocycles. The van der Waals surface area contributed by atoms with Crippen molar-refractivity contribution in [3.05, 3.63) is 59.3 Å². The van der Waals surface area contributed by atoms with Gasteiger partial charge in [0, 0.05) is 36.3 Å². The molecule has 4 aliphatic rings. The van der Waals surface area contributed by atoms with Crippen LogP contribution in [0.5, 0.6) is 0 Å². The topological polar surface area (TPSA) is 83.8 Å². The van der Waals surface area contributed by atoms with E-state index in [9.17, 15) is 19.8 Å². The van der Waals surface area contributed by atoms with Gasteiger partial charge in [-0.15, -0.1) is 0 Å². The van der Waals surface area contributed by atoms with E-state index in [0.29, 0.717) is 37.2 Å². The van der Waals surface area contributed by atoms with E-state index in [1.165, 1.54) is 0 Å². The third-order valence-corrected chi connectivity index (χ3v) is 5.59. The standard InChI is InChI=1S/C20H20O5/c21-11-5-7-15-17(9-11)25-18-10-12(22)6-8-16(18)19(15)13-3-1-2-4-14(13)20(23)24/h1-3,5,9-10,14-16,19,21H,4,6-8H2,(H,23,24). The molecular weight excluding hydrogens is 320 g/mol. The van der Waals surface area contributed by atoms with Crippen LogP contribution in [0, 0.1) is 23.7 Å². The molecule has 0 saturated carbocycles. The molecule has 0 bridgehead atoms. The maximum atomic E-state index is 11.8. The van der Waals surface area contributed by atoms with Crippen LogP contribution in [0.25, 0.3) is 0 Å². The van der Waals surface area contributed by atoms with Gasteiger partial charge in [0.2, 0.25) is 0 Å². The Morgan fingerprint density at radius 1 is 1.16 bits per heavy atom. The molecule has 2 N–H and O–H groups in total. The second kappa shape index (κ2) is 6.06. The Morgan fingerprint density at radius 3 is 2.76 bits per heavy atom. The minimum absolute atomic E-state index is 0.00749. The molecule has 5 nitrogen and oxygen atoms in total. The lowest BCUT2D eigenvalue weighted by atomic mass is 9.64. The minimum Gasteiger partial charge on any atom is -0.508 e. The number of ketones is 1. The van der Waals surface area contributed by atoms with Crippen LogP contribution in [0.3, 0.4) is 0 Å². The first-order valence-corrected chi connectivity index (χ1v) is 8.67. The lowest BCUT2D eigenvalue weighted by Gasteiger charge is -2.45. The average Bonchev–Trinajstić information content (AvgIpc) is 2.59. The molecule has 1 saturated heterocycles. The van der Waals surface area contributed by atoms with Gasteiger partial charge in [-0.3, -0.25) is 9.59 Å². The van der Waals surface area contributed by atoms with Crippen molar-refractivity contribution in [1.29, 1.82) is 0 Å². The van der Waals surface area contributed by atoms with Crippen molar-refractivity contribution in [3.8, 4) is 0 Å². The Balaban J connectivity index is 1.80. The summed E-state index contributed by atoms with van der Waals surface area (Å²) < 4.78 is 5.96. The number of rotatable bonds is 2. The fourth-order valence-corrected chi connectivity index (χ4v) is 4.46. The second-order valence-electron chi connectivity index (χ2n) is 7.03. The maximum absolute atomic E-state index is 11.8. The molecule has 1 fully saturated rings. The maximum Gasteiger partial charge on any atom is 0.310 e. The zero-order chi connectivity index (χ0) is 17.6. The van der Waals surface area contributed by atoms with E-state index in [-0.39, 0.29) is 29.3 Å². The molecule has 4 unspecified atom stereocenters. The summed E-state index contributed by atoms with van der Waals surface area (Å²) >= 11 is 0. The van der Waals surface area contributed by atoms with Gasteiger partial charge >= 0.3 is 5.97 Å². The van der Waals surface area contributed by atoms with Crippen LogP contribution in [0.4, 0.5) is 0 Å². The van der Waals surface area contributed by atoms with Crippen LogP contribution in [0.15, 0.2) is 59.3 Å². The van der Waals surface area contributed by atoms with Gasteiger partial charge in [0.25, 0.3) is 0 Å². The first kappa shape index (κ1) is 15.9. The molecule has 4 rings (SSSR count). The Hall–Kier alpha value is -2.56. The first-order chi connectivity index (χ1) is 12.0. The van der Waals surface area contributed by atoms with Gasteiger partial charge in [-0.05, 0) is 25.3 Å². The van der Waals surface area contributed by atoms with Gasteiger partial charge in [-0.2, -0.15) is 0 Å². The predicted octanol–water partition coefficient (Wildman–Crippen LogP) is 3.43. The summed E-state index contributed by atoms with van der Waals surface area (Å²) in [6.07, 6.45) is 12.8. The SMILES string of the molecule is O=C1C=C2OC3=CC(O)=CCC3C(C3=CC=CCC3C(=O)O)C2CC1. The van der Waals surface area contributed by atoms with Crippen molar-refractivity contribution in [3.63, 3.8) is 0 Å². The molecule has 0 radical (unpaired) electrons. The van der Waals surface area contributed by atoms with Crippen molar-refractivity contribution >= 4 is 11.8 Å². The van der Waals surface area contributed by atoms with E-state index in [0.717, 1.165) is 5.57 Å². The molecule has 0 aromatic heterocycles. The smallest absolute Gasteiger partial charge is 0.310 e. The predicted molar refractivity (Wildman–Crippen MR) is 90.3 cm³/mol. The van der Waals surface area contributed by atoms with Crippen LogP contribution in [0.1, 0.15) is 25.7 Å². The van der Waals surface area contributed by atoms with Gasteiger partial charge < -0.3 is 14.9 Å². The number of carboxylic acids is 1. The number of carbonyl (C=O) groups excluding carboxylic acids is 1. The van der Waals surface area contributed by atoms with Crippen molar-refractivity contribution in [2.24, 2.45) is 23.7 Å². The number of hydrogen-bond donors (Lipinski definition) is 2. The number of aliphatic hydroxyl groups is 1. The Kier molecular flexibility index (Phi) is 3.86. The number of fused-ring (bicyclic) bond motifs is 2. The fourth-order valence-electron chi connectivity index (χ4n) is 4.46. The van der Waals surface area contributed by atoms with Gasteiger partial charge in [0.1, 0.15) is 17.3 Å². The molecule has 0 amide bonds. The molecule has 5 heteroatoms. The van der Waals surface area contributed by atoms with E-state index >= 15 is 0 Å². The van der Waals surface area contributed by atoms with E-state index in [4.69, 9.17) is 4.74 Å². The van der Waals surface area contributed by atoms with Crippen LogP contribution in [0.2, 0.25) is 0 Å². The van der Waals surface area contributed by atoms with E-state index < -0.39 is 11.9 Å². The van der Waals surface area contributed by atoms with Crippen molar-refractivity contribution < 1.29 is 24.5 Å². The van der Waals surface area contributed by atoms with Gasteiger partial charge in [-0.1, -0.05) is 23.8 Å². The van der Waals surface area contributed by atoms with Crippen molar-refractivity contribution in [2.45, 2.75) is 25.7 Å². The van der Waals surface area contributed by atoms with Crippen LogP contribution in [-0.4, -0.2) is 22.0 Å². The number of ether oxygens (including phenoxy) is 1. The quantitative estimate of drug-likeness (QED) is 0.804. The van der Waals surface area contributed by atoms with Gasteiger partial charge in [-0.25, -0.2) is 0 Å². The monoisotopic (exact) mass is 340 g/mol. The molecule has 3 aliphatic carbocycles. The molecule has 25 heavy (non-hydrogen) atoms. The number of allylic oxidation sites excluding steroid dienone is 8. The summed E-state index contributed by atoms with van der Waals surface area (Å²) in [6, 6.07) is 0. The summed E-state index contributed by atoms with van der Waals surface area (Å²) in [7, 11) is 0. The second-order valence-corrected chi connectivity index (χ2v) is 7.03. The highest BCUT2D eigenvalue weighted by Gasteiger charge is 2.47. The lowest BCUT2D eigenvalue weighted by Crippen LogP contribution is -2.40. The number of carbonyl (C=O) groups is 2. The Morgan fingerprint density at radius 2 is 1.96 bits per heavy atom. The first-order valence-electron chi connectivity index (χ1n) is 8.67. The normalized spacial score (nSPS) is 33.8. The number of aliphatic carboxylic acids is 1. The van der Waals surface area contributed by atoms with Crippen LogP contribution < -0.4 is 0 Å². The fraction of sp³-hybridized carbons (Fsp3) is 0.400. The molecule has 1 heterocycles. The largest absolute Gasteiger partial charge is 0.508 e. The highest BCUT2D eigenvalue weighted by molar-refractivity contribution is 5.91. The summed E-state index contributed by atoms with van der Waals surface area (Å²) in [4.78, 5) is 23.6. The highest BCUT2D eigenvalue weighted by atomic mass is 16.5. The van der Waals surface area contributed by atoms with E-state index in [1.54, 1.807) is 18.2 Å². The Bertz CT molecular complexity index is 774. The van der Waals surface area contributed by atoms with E-state index in [2.05, 4.69) is 0 Å². The third-order valence-electron chi connectivity index (χ3n) is 5.59. The average molecular weight is 340 g/mol. The van der Waals surface area contributed by atoms with E-state index in [1.807, 2.05) is 18.2 Å². The lowest BCUT2D eigenvalue weighted by molar-refractivity contribution is -0.140. The van der Waals surface area contributed by atoms with Crippen LogP contribution >= 0.6 is 0 Å². The number of hydrogen-bond acceptors (Lipinski definition) is 4. The molecule has 0 aromatic rings. The van der Waals surface area contributed by atoms with Crippen molar-refractivity contribution in [2.75, 3.05) is 0 Å². The summed E-state index contributed by atoms with van der Waals surface area (Å²) in [5, 5.41) is 19.5. The third kappa shape index (κ3) is 2.73. The molecule has 130 valence electrons. The number of aliphatic hydroxyl groups excluding tert-OH is 1.